The van der Waals surface area contributed by atoms with Gasteiger partial charge >= 0.3 is 0 Å². The second-order valence-corrected chi connectivity index (χ2v) is 6.07. The SMILES string of the molecule is CNC1(CC(=O)Cc2cccc(F)c2Cl)CCCCC1. The van der Waals surface area contributed by atoms with E-state index in [9.17, 15) is 9.18 Å². The van der Waals surface area contributed by atoms with Gasteiger partial charge in [0.2, 0.25) is 0 Å². The minimum atomic E-state index is -0.460. The third kappa shape index (κ3) is 3.58. The maximum atomic E-state index is 13.4. The fourth-order valence-electron chi connectivity index (χ4n) is 3.08. The molecule has 0 spiro atoms. The Balaban J connectivity index is 2.03. The summed E-state index contributed by atoms with van der Waals surface area (Å²) in [6, 6.07) is 4.63. The molecule has 0 saturated heterocycles. The number of benzene rings is 1. The summed E-state index contributed by atoms with van der Waals surface area (Å²) in [5.41, 5.74) is 0.508. The molecule has 1 aromatic carbocycles. The summed E-state index contributed by atoms with van der Waals surface area (Å²) >= 11 is 5.91. The summed E-state index contributed by atoms with van der Waals surface area (Å²) in [5.74, 6) is -0.341. The molecule has 2 nitrogen and oxygen atoms in total. The lowest BCUT2D eigenvalue weighted by Gasteiger charge is -2.36. The molecule has 0 aliphatic heterocycles. The van der Waals surface area contributed by atoms with Crippen LogP contribution in [0.2, 0.25) is 5.02 Å². The average molecular weight is 298 g/mol. The van der Waals surface area contributed by atoms with Crippen LogP contribution in [0.1, 0.15) is 44.1 Å². The molecule has 0 aromatic heterocycles. The molecule has 1 fully saturated rings. The number of carbonyl (C=O) groups excluding carboxylic acids is 1. The van der Waals surface area contributed by atoms with Gasteiger partial charge in [-0.1, -0.05) is 43.0 Å². The predicted octanol–water partition coefficient (Wildman–Crippen LogP) is 3.90. The molecular formula is C16H21ClFNO. The summed E-state index contributed by atoms with van der Waals surface area (Å²) in [7, 11) is 1.92. The molecule has 1 saturated carbocycles. The molecule has 0 radical (unpaired) electrons. The topological polar surface area (TPSA) is 29.1 Å². The summed E-state index contributed by atoms with van der Waals surface area (Å²) < 4.78 is 13.4. The number of Topliss-reactive ketones (excluding diaryl/α,β-unsaturated/α-hetero) is 1. The number of nitrogens with one attached hydrogen (secondary N) is 1. The van der Waals surface area contributed by atoms with E-state index in [0.29, 0.717) is 12.0 Å². The van der Waals surface area contributed by atoms with Gasteiger partial charge in [0, 0.05) is 18.4 Å². The van der Waals surface area contributed by atoms with Crippen molar-refractivity contribution in [3.05, 3.63) is 34.6 Å². The first-order valence-electron chi connectivity index (χ1n) is 7.20. The van der Waals surface area contributed by atoms with Crippen LogP contribution in [0.4, 0.5) is 4.39 Å². The van der Waals surface area contributed by atoms with E-state index in [1.807, 2.05) is 7.05 Å². The molecule has 0 heterocycles. The highest BCUT2D eigenvalue weighted by Gasteiger charge is 2.32. The highest BCUT2D eigenvalue weighted by Crippen LogP contribution is 2.31. The minimum Gasteiger partial charge on any atom is -0.314 e. The van der Waals surface area contributed by atoms with E-state index in [1.165, 1.54) is 12.5 Å². The van der Waals surface area contributed by atoms with Gasteiger partial charge in [0.05, 0.1) is 5.02 Å². The first kappa shape index (κ1) is 15.5. The Hall–Kier alpha value is -0.930. The van der Waals surface area contributed by atoms with Gasteiger partial charge in [0.15, 0.2) is 0 Å². The number of hydrogen-bond donors (Lipinski definition) is 1. The predicted molar refractivity (Wildman–Crippen MR) is 79.6 cm³/mol. The summed E-state index contributed by atoms with van der Waals surface area (Å²) in [6.45, 7) is 0. The van der Waals surface area contributed by atoms with Crippen molar-refractivity contribution in [2.24, 2.45) is 0 Å². The highest BCUT2D eigenvalue weighted by atomic mass is 35.5. The van der Waals surface area contributed by atoms with Crippen LogP contribution >= 0.6 is 11.6 Å². The second-order valence-electron chi connectivity index (χ2n) is 5.70. The first-order chi connectivity index (χ1) is 9.56. The Bertz CT molecular complexity index is 483. The van der Waals surface area contributed by atoms with Gasteiger partial charge in [-0.2, -0.15) is 0 Å². The van der Waals surface area contributed by atoms with E-state index in [-0.39, 0.29) is 22.8 Å². The van der Waals surface area contributed by atoms with Crippen molar-refractivity contribution in [1.82, 2.24) is 5.32 Å². The van der Waals surface area contributed by atoms with Gasteiger partial charge < -0.3 is 5.32 Å². The van der Waals surface area contributed by atoms with Gasteiger partial charge in [0.1, 0.15) is 11.6 Å². The molecule has 20 heavy (non-hydrogen) atoms. The number of rotatable bonds is 5. The Labute approximate surface area is 124 Å². The van der Waals surface area contributed by atoms with Crippen LogP contribution in [0.5, 0.6) is 0 Å². The Morgan fingerprint density at radius 2 is 2.05 bits per heavy atom. The Morgan fingerprint density at radius 3 is 2.70 bits per heavy atom. The van der Waals surface area contributed by atoms with E-state index in [0.717, 1.165) is 25.7 Å². The van der Waals surface area contributed by atoms with Gasteiger partial charge in [-0.3, -0.25) is 4.79 Å². The van der Waals surface area contributed by atoms with E-state index in [4.69, 9.17) is 11.6 Å². The quantitative estimate of drug-likeness (QED) is 0.893. The Kier molecular flexibility index (Phi) is 5.17. The lowest BCUT2D eigenvalue weighted by atomic mass is 9.78. The molecule has 0 amide bonds. The van der Waals surface area contributed by atoms with Crippen LogP contribution in [0.25, 0.3) is 0 Å². The van der Waals surface area contributed by atoms with Crippen LogP contribution in [-0.2, 0) is 11.2 Å². The molecule has 1 aliphatic rings. The van der Waals surface area contributed by atoms with Crippen molar-refractivity contribution in [1.29, 1.82) is 0 Å². The van der Waals surface area contributed by atoms with E-state index < -0.39 is 5.82 Å². The summed E-state index contributed by atoms with van der Waals surface area (Å²) in [6.07, 6.45) is 6.34. The first-order valence-corrected chi connectivity index (χ1v) is 7.58. The number of hydrogen-bond acceptors (Lipinski definition) is 2. The van der Waals surface area contributed by atoms with Crippen molar-refractivity contribution >= 4 is 17.4 Å². The van der Waals surface area contributed by atoms with E-state index in [2.05, 4.69) is 5.32 Å². The van der Waals surface area contributed by atoms with Crippen LogP contribution in [0, 0.1) is 5.82 Å². The van der Waals surface area contributed by atoms with Crippen LogP contribution < -0.4 is 5.32 Å². The zero-order valence-electron chi connectivity index (χ0n) is 11.8. The van der Waals surface area contributed by atoms with Crippen molar-refractivity contribution in [3.63, 3.8) is 0 Å². The van der Waals surface area contributed by atoms with Crippen LogP contribution in [-0.4, -0.2) is 18.4 Å². The van der Waals surface area contributed by atoms with Crippen molar-refractivity contribution in [2.75, 3.05) is 7.05 Å². The van der Waals surface area contributed by atoms with Crippen LogP contribution in [0.3, 0.4) is 0 Å². The fraction of sp³-hybridized carbons (Fsp3) is 0.562. The maximum Gasteiger partial charge on any atom is 0.142 e. The summed E-state index contributed by atoms with van der Waals surface area (Å²) in [5, 5.41) is 3.40. The van der Waals surface area contributed by atoms with Gasteiger partial charge in [0.25, 0.3) is 0 Å². The minimum absolute atomic E-state index is 0.0722. The van der Waals surface area contributed by atoms with Gasteiger partial charge in [-0.25, -0.2) is 4.39 Å². The monoisotopic (exact) mass is 297 g/mol. The van der Waals surface area contributed by atoms with Crippen molar-refractivity contribution in [3.8, 4) is 0 Å². The fourth-order valence-corrected chi connectivity index (χ4v) is 3.27. The molecule has 4 heteroatoms. The molecule has 1 aromatic rings. The van der Waals surface area contributed by atoms with Gasteiger partial charge in [-0.05, 0) is 31.5 Å². The standard InChI is InChI=1S/C16H21ClFNO/c1-19-16(8-3-2-4-9-16)11-13(20)10-12-6-5-7-14(18)15(12)17/h5-7,19H,2-4,8-11H2,1H3. The molecular weight excluding hydrogens is 277 g/mol. The number of halogens is 2. The lowest BCUT2D eigenvalue weighted by molar-refractivity contribution is -0.120. The molecule has 2 rings (SSSR count). The lowest BCUT2D eigenvalue weighted by Crippen LogP contribution is -2.46. The maximum absolute atomic E-state index is 13.4. The average Bonchev–Trinajstić information content (AvgIpc) is 2.45. The van der Waals surface area contributed by atoms with Gasteiger partial charge in [-0.15, -0.1) is 0 Å². The van der Waals surface area contributed by atoms with Crippen molar-refractivity contribution < 1.29 is 9.18 Å². The second kappa shape index (κ2) is 6.68. The van der Waals surface area contributed by atoms with Crippen molar-refractivity contribution in [2.45, 2.75) is 50.5 Å². The largest absolute Gasteiger partial charge is 0.314 e. The molecule has 0 bridgehead atoms. The van der Waals surface area contributed by atoms with Crippen LogP contribution in [0.15, 0.2) is 18.2 Å². The molecule has 1 aliphatic carbocycles. The zero-order chi connectivity index (χ0) is 14.6. The number of ketones is 1. The molecule has 0 atom stereocenters. The molecule has 0 unspecified atom stereocenters. The number of carbonyl (C=O) groups is 1. The van der Waals surface area contributed by atoms with E-state index >= 15 is 0 Å². The Morgan fingerprint density at radius 1 is 1.35 bits per heavy atom. The molecule has 110 valence electrons. The smallest absolute Gasteiger partial charge is 0.142 e. The molecule has 1 N–H and O–H groups in total. The van der Waals surface area contributed by atoms with E-state index in [1.54, 1.807) is 12.1 Å². The normalized spacial score (nSPS) is 17.9. The summed E-state index contributed by atoms with van der Waals surface area (Å²) in [4.78, 5) is 12.3. The third-order valence-electron chi connectivity index (χ3n) is 4.30. The zero-order valence-corrected chi connectivity index (χ0v) is 12.6. The third-order valence-corrected chi connectivity index (χ3v) is 4.72. The highest BCUT2D eigenvalue weighted by molar-refractivity contribution is 6.31.